The summed E-state index contributed by atoms with van der Waals surface area (Å²) in [6, 6.07) is 0.316. The molecule has 0 spiro atoms. The van der Waals surface area contributed by atoms with Crippen molar-refractivity contribution in [3.05, 3.63) is 33.5 Å². The van der Waals surface area contributed by atoms with Crippen LogP contribution in [0.1, 0.15) is 84.4 Å². The van der Waals surface area contributed by atoms with E-state index in [-0.39, 0.29) is 5.91 Å². The van der Waals surface area contributed by atoms with Crippen molar-refractivity contribution in [2.75, 3.05) is 0 Å². The van der Waals surface area contributed by atoms with Crippen LogP contribution in [0.15, 0.2) is 11.2 Å². The van der Waals surface area contributed by atoms with Crippen LogP contribution in [0.3, 0.4) is 0 Å². The number of carbonyl (C=O) groups is 1. The van der Waals surface area contributed by atoms with Crippen molar-refractivity contribution in [3.8, 4) is 0 Å². The van der Waals surface area contributed by atoms with Crippen molar-refractivity contribution < 1.29 is 4.79 Å². The van der Waals surface area contributed by atoms with Crippen LogP contribution in [-0.2, 0) is 19.4 Å². The Morgan fingerprint density at radius 2 is 2.14 bits per heavy atom. The van der Waals surface area contributed by atoms with Crippen LogP contribution in [0.4, 0.5) is 5.00 Å². The van der Waals surface area contributed by atoms with E-state index in [1.165, 1.54) is 29.7 Å². The number of aromatic nitrogens is 2. The number of carbonyl (C=O) groups excluding carboxylic acids is 1. The lowest BCUT2D eigenvalue weighted by molar-refractivity contribution is 0.0927. The van der Waals surface area contributed by atoms with Crippen LogP contribution in [0.5, 0.6) is 0 Å². The largest absolute Gasteiger partial charge is 0.349 e. The normalized spacial score (nSPS) is 20.2. The third kappa shape index (κ3) is 4.32. The molecule has 5 nitrogen and oxygen atoms in total. The van der Waals surface area contributed by atoms with E-state index in [0.29, 0.717) is 12.0 Å². The number of hydrogen-bond acceptors (Lipinski definition) is 4. The second kappa shape index (κ2) is 8.82. The molecule has 6 heteroatoms. The number of hydrogen-bond donors (Lipinski definition) is 1. The zero-order valence-corrected chi connectivity index (χ0v) is 18.6. The summed E-state index contributed by atoms with van der Waals surface area (Å²) in [7, 11) is 0. The molecule has 1 N–H and O–H groups in total. The van der Waals surface area contributed by atoms with Crippen molar-refractivity contribution in [2.24, 2.45) is 10.9 Å². The van der Waals surface area contributed by atoms with E-state index in [4.69, 9.17) is 4.99 Å². The van der Waals surface area contributed by atoms with Crippen molar-refractivity contribution >= 4 is 28.5 Å². The van der Waals surface area contributed by atoms with Gasteiger partial charge in [0.15, 0.2) is 0 Å². The molecule has 1 atom stereocenters. The van der Waals surface area contributed by atoms with Crippen molar-refractivity contribution in [1.82, 2.24) is 15.1 Å². The smallest absolute Gasteiger partial charge is 0.254 e. The molecule has 29 heavy (non-hydrogen) atoms. The van der Waals surface area contributed by atoms with Crippen LogP contribution in [-0.4, -0.2) is 27.9 Å². The standard InChI is InChI=1S/C23H32N4OS/c1-4-27-16(3)17(14-25-27)13-24-23-21(19-11-10-15(2)12-20(19)29-23)22(28)26-18-8-6-5-7-9-18/h13-15,18H,4-12H2,1-3H3,(H,26,28). The van der Waals surface area contributed by atoms with E-state index in [9.17, 15) is 4.79 Å². The highest BCUT2D eigenvalue weighted by atomic mass is 32.1. The molecule has 0 saturated heterocycles. The first-order chi connectivity index (χ1) is 14.1. The molecule has 156 valence electrons. The molecule has 0 radical (unpaired) electrons. The fourth-order valence-electron chi connectivity index (χ4n) is 4.60. The van der Waals surface area contributed by atoms with Crippen LogP contribution < -0.4 is 5.32 Å². The van der Waals surface area contributed by atoms with Gasteiger partial charge in [-0.05, 0) is 57.4 Å². The second-order valence-corrected chi connectivity index (χ2v) is 9.68. The van der Waals surface area contributed by atoms with Crippen LogP contribution in [0, 0.1) is 12.8 Å². The van der Waals surface area contributed by atoms with E-state index in [1.54, 1.807) is 11.3 Å². The average molecular weight is 413 g/mol. The first kappa shape index (κ1) is 20.3. The fraction of sp³-hybridized carbons (Fsp3) is 0.609. The third-order valence-corrected chi connectivity index (χ3v) is 7.58. The molecular formula is C23H32N4OS. The van der Waals surface area contributed by atoms with Gasteiger partial charge in [-0.3, -0.25) is 9.48 Å². The predicted octanol–water partition coefficient (Wildman–Crippen LogP) is 5.21. The molecule has 4 rings (SSSR count). The highest BCUT2D eigenvalue weighted by Gasteiger charge is 2.28. The lowest BCUT2D eigenvalue weighted by atomic mass is 9.88. The minimum atomic E-state index is 0.0806. The van der Waals surface area contributed by atoms with Crippen molar-refractivity contribution in [2.45, 2.75) is 84.7 Å². The molecule has 2 heterocycles. The van der Waals surface area contributed by atoms with Crippen molar-refractivity contribution in [3.63, 3.8) is 0 Å². The lowest BCUT2D eigenvalue weighted by Crippen LogP contribution is -2.36. The number of rotatable bonds is 5. The number of nitrogens with one attached hydrogen (secondary N) is 1. The fourth-order valence-corrected chi connectivity index (χ4v) is 5.95. The number of amides is 1. The maximum Gasteiger partial charge on any atom is 0.254 e. The van der Waals surface area contributed by atoms with E-state index in [1.807, 2.05) is 17.1 Å². The number of fused-ring (bicyclic) bond motifs is 1. The Morgan fingerprint density at radius 3 is 2.86 bits per heavy atom. The molecule has 0 bridgehead atoms. The zero-order chi connectivity index (χ0) is 20.4. The lowest BCUT2D eigenvalue weighted by Gasteiger charge is -2.23. The molecule has 0 aromatic carbocycles. The highest BCUT2D eigenvalue weighted by molar-refractivity contribution is 7.16. The van der Waals surface area contributed by atoms with Crippen LogP contribution >= 0.6 is 11.3 Å². The molecule has 1 unspecified atom stereocenters. The molecule has 0 aliphatic heterocycles. The molecule has 2 aliphatic carbocycles. The van der Waals surface area contributed by atoms with E-state index < -0.39 is 0 Å². The van der Waals surface area contributed by atoms with E-state index in [0.717, 1.165) is 60.5 Å². The molecule has 1 amide bonds. The maximum atomic E-state index is 13.3. The number of aryl methyl sites for hydroxylation is 1. The van der Waals surface area contributed by atoms with E-state index in [2.05, 4.69) is 31.2 Å². The van der Waals surface area contributed by atoms with Crippen LogP contribution in [0.25, 0.3) is 0 Å². The number of nitrogens with zero attached hydrogens (tertiary/aromatic N) is 3. The van der Waals surface area contributed by atoms with Gasteiger partial charge >= 0.3 is 0 Å². The minimum Gasteiger partial charge on any atom is -0.349 e. The Bertz CT molecular complexity index is 904. The molecule has 2 aliphatic rings. The summed E-state index contributed by atoms with van der Waals surface area (Å²) in [5.41, 5.74) is 4.21. The van der Waals surface area contributed by atoms with Crippen molar-refractivity contribution in [1.29, 1.82) is 0 Å². The average Bonchev–Trinajstić information content (AvgIpc) is 3.26. The predicted molar refractivity (Wildman–Crippen MR) is 120 cm³/mol. The summed E-state index contributed by atoms with van der Waals surface area (Å²) in [5, 5.41) is 8.59. The van der Waals surface area contributed by atoms with Gasteiger partial charge in [0.1, 0.15) is 5.00 Å². The second-order valence-electron chi connectivity index (χ2n) is 8.60. The zero-order valence-electron chi connectivity index (χ0n) is 17.8. The number of thiophene rings is 1. The minimum absolute atomic E-state index is 0.0806. The molecule has 1 saturated carbocycles. The Balaban J connectivity index is 1.64. The number of aliphatic imine (C=N–C) groups is 1. The first-order valence-electron chi connectivity index (χ1n) is 11.1. The van der Waals surface area contributed by atoms with Gasteiger partial charge in [0.25, 0.3) is 5.91 Å². The van der Waals surface area contributed by atoms with Gasteiger partial charge in [0.2, 0.25) is 0 Å². The molecule has 2 aromatic rings. The summed E-state index contributed by atoms with van der Waals surface area (Å²) in [6.45, 7) is 7.30. The molecular weight excluding hydrogens is 380 g/mol. The van der Waals surface area contributed by atoms with E-state index >= 15 is 0 Å². The summed E-state index contributed by atoms with van der Waals surface area (Å²) >= 11 is 1.71. The Morgan fingerprint density at radius 1 is 1.34 bits per heavy atom. The Hall–Kier alpha value is -1.95. The van der Waals surface area contributed by atoms with Gasteiger partial charge in [0.05, 0.1) is 11.8 Å². The van der Waals surface area contributed by atoms with Gasteiger partial charge in [-0.1, -0.05) is 26.2 Å². The highest BCUT2D eigenvalue weighted by Crippen LogP contribution is 2.41. The quantitative estimate of drug-likeness (QED) is 0.685. The van der Waals surface area contributed by atoms with Gasteiger partial charge in [-0.25, -0.2) is 4.99 Å². The van der Waals surface area contributed by atoms with Crippen LogP contribution in [0.2, 0.25) is 0 Å². The first-order valence-corrected chi connectivity index (χ1v) is 11.9. The van der Waals surface area contributed by atoms with Gasteiger partial charge in [-0.15, -0.1) is 11.3 Å². The summed E-state index contributed by atoms with van der Waals surface area (Å²) in [6.07, 6.45) is 12.9. The topological polar surface area (TPSA) is 59.3 Å². The Labute approximate surface area is 177 Å². The third-order valence-electron chi connectivity index (χ3n) is 6.42. The Kier molecular flexibility index (Phi) is 6.18. The maximum absolute atomic E-state index is 13.3. The van der Waals surface area contributed by atoms with Gasteiger partial charge < -0.3 is 5.32 Å². The summed E-state index contributed by atoms with van der Waals surface area (Å²) in [5.74, 6) is 0.759. The SMILES string of the molecule is CCn1ncc(C=Nc2sc3c(c2C(=O)NC2CCCCC2)CCC(C)C3)c1C. The summed E-state index contributed by atoms with van der Waals surface area (Å²) < 4.78 is 1.97. The summed E-state index contributed by atoms with van der Waals surface area (Å²) in [4.78, 5) is 19.4. The molecule has 1 fully saturated rings. The van der Waals surface area contributed by atoms with Gasteiger partial charge in [-0.2, -0.15) is 5.10 Å². The van der Waals surface area contributed by atoms with Gasteiger partial charge in [0, 0.05) is 34.9 Å². The molecule has 2 aromatic heterocycles. The monoisotopic (exact) mass is 412 g/mol.